The number of nitrogen functional groups attached to an aromatic ring is 1. The fourth-order valence-corrected chi connectivity index (χ4v) is 1.04. The van der Waals surface area contributed by atoms with Gasteiger partial charge in [0, 0.05) is 6.21 Å². The summed E-state index contributed by atoms with van der Waals surface area (Å²) in [6, 6.07) is 0. The molecular formula is C6H8N6. The summed E-state index contributed by atoms with van der Waals surface area (Å²) >= 11 is 0. The predicted octanol–water partition coefficient (Wildman–Crippen LogP) is -0.871. The molecule has 0 aromatic carbocycles. The molecule has 4 N–H and O–H groups in total. The Bertz CT molecular complexity index is 333. The minimum absolute atomic E-state index is 0.402. The molecule has 0 amide bonds. The van der Waals surface area contributed by atoms with Gasteiger partial charge in [-0.2, -0.15) is 0 Å². The van der Waals surface area contributed by atoms with Crippen molar-refractivity contribution >= 4 is 17.9 Å². The minimum Gasteiger partial charge on any atom is -0.383 e. The first-order chi connectivity index (χ1) is 5.79. The molecule has 0 atom stereocenters. The van der Waals surface area contributed by atoms with Gasteiger partial charge in [-0.3, -0.25) is 10.0 Å². The van der Waals surface area contributed by atoms with Gasteiger partial charge in [0.2, 0.25) is 0 Å². The van der Waals surface area contributed by atoms with Crippen molar-refractivity contribution in [3.63, 3.8) is 0 Å². The Balaban J connectivity index is 2.61. The van der Waals surface area contributed by atoms with Crippen LogP contribution in [0, 0.1) is 0 Å². The van der Waals surface area contributed by atoms with Gasteiger partial charge in [-0.1, -0.05) is 0 Å². The highest BCUT2D eigenvalue weighted by Crippen LogP contribution is 2.19. The van der Waals surface area contributed by atoms with Crippen molar-refractivity contribution in [3.05, 3.63) is 11.9 Å². The molecule has 0 unspecified atom stereocenters. The Labute approximate surface area is 68.9 Å². The molecule has 6 nitrogen and oxygen atoms in total. The van der Waals surface area contributed by atoms with Gasteiger partial charge < -0.3 is 5.73 Å². The summed E-state index contributed by atoms with van der Waals surface area (Å²) in [6.07, 6.45) is 3.02. The van der Waals surface area contributed by atoms with Crippen LogP contribution in [-0.4, -0.2) is 22.9 Å². The number of nitrogens with zero attached hydrogens (tertiary/aromatic N) is 4. The van der Waals surface area contributed by atoms with Gasteiger partial charge in [0.25, 0.3) is 0 Å². The second kappa shape index (κ2) is 2.42. The first kappa shape index (κ1) is 6.99. The molecule has 2 rings (SSSR count). The summed E-state index contributed by atoms with van der Waals surface area (Å²) in [6.45, 7) is 0.406. The first-order valence-corrected chi connectivity index (χ1v) is 3.41. The molecular weight excluding hydrogens is 156 g/mol. The quantitative estimate of drug-likeness (QED) is 0.486. The molecule has 0 radical (unpaired) electrons. The topological polar surface area (TPSA) is 93.4 Å². The number of anilines is 2. The van der Waals surface area contributed by atoms with E-state index < -0.39 is 0 Å². The summed E-state index contributed by atoms with van der Waals surface area (Å²) in [4.78, 5) is 11.8. The summed E-state index contributed by atoms with van der Waals surface area (Å²) in [5.41, 5.74) is 6.27. The lowest BCUT2D eigenvalue weighted by Gasteiger charge is -2.20. The van der Waals surface area contributed by atoms with Gasteiger partial charge in [0.15, 0.2) is 5.82 Å². The highest BCUT2D eigenvalue weighted by Gasteiger charge is 2.14. The lowest BCUT2D eigenvalue weighted by atomic mass is 10.3. The largest absolute Gasteiger partial charge is 0.383 e. The number of nitrogens with two attached hydrogens (primary N) is 2. The third-order valence-corrected chi connectivity index (χ3v) is 1.62. The lowest BCUT2D eigenvalue weighted by molar-refractivity contribution is 0.831. The van der Waals surface area contributed by atoms with Gasteiger partial charge in [0.05, 0.1) is 5.56 Å². The van der Waals surface area contributed by atoms with Crippen molar-refractivity contribution in [2.45, 2.75) is 0 Å². The third-order valence-electron chi connectivity index (χ3n) is 1.62. The average Bonchev–Trinajstić information content (AvgIpc) is 2.07. The van der Waals surface area contributed by atoms with Crippen molar-refractivity contribution < 1.29 is 0 Å². The molecule has 62 valence electrons. The second-order valence-electron chi connectivity index (χ2n) is 2.42. The van der Waals surface area contributed by atoms with E-state index in [-0.39, 0.29) is 0 Å². The van der Waals surface area contributed by atoms with Crippen LogP contribution in [0.5, 0.6) is 0 Å². The van der Waals surface area contributed by atoms with Crippen LogP contribution >= 0.6 is 0 Å². The summed E-state index contributed by atoms with van der Waals surface area (Å²) in [5.74, 6) is 6.61. The molecule has 1 aromatic heterocycles. The van der Waals surface area contributed by atoms with Crippen molar-refractivity contribution in [1.29, 1.82) is 0 Å². The van der Waals surface area contributed by atoms with Gasteiger partial charge in [0.1, 0.15) is 18.8 Å². The number of aliphatic imine (C=N–C) groups is 1. The Kier molecular flexibility index (Phi) is 1.41. The van der Waals surface area contributed by atoms with Crippen LogP contribution in [0.3, 0.4) is 0 Å². The molecule has 1 aliphatic rings. The van der Waals surface area contributed by atoms with E-state index in [2.05, 4.69) is 15.0 Å². The van der Waals surface area contributed by atoms with Gasteiger partial charge >= 0.3 is 0 Å². The van der Waals surface area contributed by atoms with E-state index in [0.717, 1.165) is 0 Å². The monoisotopic (exact) mass is 164 g/mol. The molecule has 0 saturated heterocycles. The second-order valence-corrected chi connectivity index (χ2v) is 2.42. The van der Waals surface area contributed by atoms with Crippen LogP contribution in [0.4, 0.5) is 11.6 Å². The number of rotatable bonds is 0. The molecule has 0 saturated carbocycles. The summed E-state index contributed by atoms with van der Waals surface area (Å²) < 4.78 is 0. The molecule has 6 heteroatoms. The zero-order valence-electron chi connectivity index (χ0n) is 6.31. The van der Waals surface area contributed by atoms with E-state index >= 15 is 0 Å². The molecule has 12 heavy (non-hydrogen) atoms. The Morgan fingerprint density at radius 2 is 2.25 bits per heavy atom. The summed E-state index contributed by atoms with van der Waals surface area (Å²) in [5, 5.41) is 1.42. The first-order valence-electron chi connectivity index (χ1n) is 3.41. The summed E-state index contributed by atoms with van der Waals surface area (Å²) in [7, 11) is 0. The lowest BCUT2D eigenvalue weighted by Crippen LogP contribution is -2.35. The molecule has 0 spiro atoms. The molecule has 1 aliphatic heterocycles. The van der Waals surface area contributed by atoms with E-state index in [0.29, 0.717) is 23.9 Å². The number of hydrazine groups is 1. The third kappa shape index (κ3) is 0.892. The molecule has 0 bridgehead atoms. The van der Waals surface area contributed by atoms with E-state index in [1.54, 1.807) is 6.21 Å². The predicted molar refractivity (Wildman–Crippen MR) is 45.6 cm³/mol. The fourth-order valence-electron chi connectivity index (χ4n) is 1.04. The van der Waals surface area contributed by atoms with Gasteiger partial charge in [-0.05, 0) is 0 Å². The van der Waals surface area contributed by atoms with E-state index in [1.807, 2.05) is 0 Å². The zero-order chi connectivity index (χ0) is 8.55. The highest BCUT2D eigenvalue weighted by atomic mass is 15.5. The van der Waals surface area contributed by atoms with Crippen molar-refractivity contribution in [2.75, 3.05) is 17.4 Å². The number of hydrogen-bond donors (Lipinski definition) is 2. The van der Waals surface area contributed by atoms with Crippen LogP contribution in [0.1, 0.15) is 5.56 Å². The van der Waals surface area contributed by atoms with Crippen LogP contribution in [0.15, 0.2) is 11.3 Å². The normalized spacial score (nSPS) is 14.6. The van der Waals surface area contributed by atoms with E-state index in [4.69, 9.17) is 11.6 Å². The molecule has 2 heterocycles. The van der Waals surface area contributed by atoms with Crippen LogP contribution in [-0.2, 0) is 0 Å². The molecule has 1 aromatic rings. The number of aromatic nitrogens is 2. The van der Waals surface area contributed by atoms with E-state index in [9.17, 15) is 0 Å². The molecule has 0 aliphatic carbocycles. The number of fused-ring (bicyclic) bond motifs is 1. The van der Waals surface area contributed by atoms with Crippen molar-refractivity contribution in [3.8, 4) is 0 Å². The maximum Gasteiger partial charge on any atom is 0.158 e. The van der Waals surface area contributed by atoms with Gasteiger partial charge in [-0.15, -0.1) is 0 Å². The van der Waals surface area contributed by atoms with Crippen LogP contribution in [0.2, 0.25) is 0 Å². The van der Waals surface area contributed by atoms with Crippen LogP contribution in [0.25, 0.3) is 0 Å². The van der Waals surface area contributed by atoms with E-state index in [1.165, 1.54) is 11.3 Å². The Hall–Kier alpha value is -1.69. The standard InChI is InChI=1S/C6H8N6/c7-5-4-1-9-3-12(8)6(4)11-2-10-5/h1-2H,3,8H2,(H2,7,10,11). The maximum absolute atomic E-state index is 5.59. The zero-order valence-corrected chi connectivity index (χ0v) is 6.31. The van der Waals surface area contributed by atoms with Gasteiger partial charge in [-0.25, -0.2) is 15.8 Å². The Morgan fingerprint density at radius 3 is 3.00 bits per heavy atom. The smallest absolute Gasteiger partial charge is 0.158 e. The SMILES string of the molecule is Nc1ncnc2c1C=NCN2N. The molecule has 0 fully saturated rings. The minimum atomic E-state index is 0.402. The highest BCUT2D eigenvalue weighted by molar-refractivity contribution is 5.93. The fraction of sp³-hybridized carbons (Fsp3) is 0.167. The maximum atomic E-state index is 5.59. The number of hydrogen-bond acceptors (Lipinski definition) is 6. The van der Waals surface area contributed by atoms with Crippen LogP contribution < -0.4 is 16.6 Å². The Morgan fingerprint density at radius 1 is 1.42 bits per heavy atom. The average molecular weight is 164 g/mol. The van der Waals surface area contributed by atoms with Crippen molar-refractivity contribution in [2.24, 2.45) is 10.8 Å². The van der Waals surface area contributed by atoms with Crippen molar-refractivity contribution in [1.82, 2.24) is 9.97 Å².